The highest BCUT2D eigenvalue weighted by Gasteiger charge is 2.29. The lowest BCUT2D eigenvalue weighted by molar-refractivity contribution is 0.0831. The molecule has 0 unspecified atom stereocenters. The van der Waals surface area contributed by atoms with Crippen LogP contribution in [0.5, 0.6) is 0 Å². The Morgan fingerprint density at radius 1 is 1.00 bits per heavy atom. The molecule has 6 N–H and O–H groups in total. The molecule has 7 heteroatoms. The number of benzene rings is 1. The van der Waals surface area contributed by atoms with Gasteiger partial charge in [-0.2, -0.15) is 0 Å². The molecule has 0 bridgehead atoms. The molecule has 0 aliphatic rings. The van der Waals surface area contributed by atoms with Crippen LogP contribution in [0.2, 0.25) is 0 Å². The van der Waals surface area contributed by atoms with Crippen molar-refractivity contribution in [3.63, 3.8) is 0 Å². The minimum absolute atomic E-state index is 0.137. The van der Waals surface area contributed by atoms with Crippen molar-refractivity contribution in [3.05, 3.63) is 24.3 Å². The maximum Gasteiger partial charge on any atom is 0.170 e. The van der Waals surface area contributed by atoms with Gasteiger partial charge in [-0.3, -0.25) is 0 Å². The second kappa shape index (κ2) is 5.35. The number of aliphatic hydroxyl groups is 3. The van der Waals surface area contributed by atoms with Crippen molar-refractivity contribution in [1.29, 1.82) is 0 Å². The van der Waals surface area contributed by atoms with Crippen LogP contribution in [0.1, 0.15) is 0 Å². The van der Waals surface area contributed by atoms with Gasteiger partial charge in [0.1, 0.15) is 5.54 Å². The first-order valence-corrected chi connectivity index (χ1v) is 5.77. The maximum absolute atomic E-state index is 9.27. The summed E-state index contributed by atoms with van der Waals surface area (Å²) in [7, 11) is 0. The highest BCUT2D eigenvalue weighted by molar-refractivity contribution is 5.79. The molecule has 102 valence electrons. The van der Waals surface area contributed by atoms with E-state index in [0.717, 1.165) is 0 Å². The van der Waals surface area contributed by atoms with E-state index in [9.17, 15) is 15.3 Å². The van der Waals surface area contributed by atoms with Crippen molar-refractivity contribution in [2.45, 2.75) is 5.54 Å². The fourth-order valence-corrected chi connectivity index (χ4v) is 1.63. The van der Waals surface area contributed by atoms with Gasteiger partial charge in [0.05, 0.1) is 30.9 Å². The fraction of sp³-hybridized carbons (Fsp3) is 0.333. The number of hydrogen-bond donors (Lipinski definition) is 5. The molecule has 0 saturated carbocycles. The van der Waals surface area contributed by atoms with Gasteiger partial charge in [0.2, 0.25) is 0 Å². The van der Waals surface area contributed by atoms with E-state index in [1.807, 2.05) is 12.1 Å². The van der Waals surface area contributed by atoms with Gasteiger partial charge in [-0.1, -0.05) is 12.1 Å². The van der Waals surface area contributed by atoms with Crippen LogP contribution in [-0.2, 0) is 0 Å². The Morgan fingerprint density at radius 2 is 1.53 bits per heavy atom. The molecule has 7 nitrogen and oxygen atoms in total. The normalized spacial score (nSPS) is 11.7. The van der Waals surface area contributed by atoms with Crippen LogP contribution < -0.4 is 11.1 Å². The molecule has 0 aliphatic carbocycles. The number of hydrogen-bond acceptors (Lipinski definition) is 7. The Balaban J connectivity index is 2.42. The van der Waals surface area contributed by atoms with E-state index in [1.54, 1.807) is 12.1 Å². The lowest BCUT2D eigenvalue weighted by Crippen LogP contribution is -2.49. The minimum atomic E-state index is -1.29. The molecular formula is C12H16N4O3. The zero-order valence-corrected chi connectivity index (χ0v) is 10.2. The number of fused-ring (bicyclic) bond motifs is 1. The third kappa shape index (κ3) is 2.58. The van der Waals surface area contributed by atoms with E-state index in [0.29, 0.717) is 11.0 Å². The summed E-state index contributed by atoms with van der Waals surface area (Å²) in [5.74, 6) is 0.356. The predicted molar refractivity (Wildman–Crippen MR) is 71.6 cm³/mol. The van der Waals surface area contributed by atoms with Gasteiger partial charge in [0.15, 0.2) is 11.6 Å². The lowest BCUT2D eigenvalue weighted by Gasteiger charge is -2.29. The van der Waals surface area contributed by atoms with Crippen LogP contribution in [0, 0.1) is 0 Å². The Hall–Kier alpha value is -1.96. The molecule has 19 heavy (non-hydrogen) atoms. The highest BCUT2D eigenvalue weighted by atomic mass is 16.3. The Kier molecular flexibility index (Phi) is 3.79. The van der Waals surface area contributed by atoms with E-state index >= 15 is 0 Å². The number of para-hydroxylation sites is 2. The van der Waals surface area contributed by atoms with E-state index in [1.165, 1.54) is 0 Å². The van der Waals surface area contributed by atoms with Crippen LogP contribution in [-0.4, -0.2) is 50.6 Å². The third-order valence-corrected chi connectivity index (χ3v) is 2.89. The molecule has 0 amide bonds. The van der Waals surface area contributed by atoms with Crippen LogP contribution in [0.4, 0.5) is 11.6 Å². The van der Waals surface area contributed by atoms with Crippen molar-refractivity contribution in [2.24, 2.45) is 0 Å². The number of aromatic nitrogens is 2. The molecule has 2 rings (SSSR count). The molecule has 0 radical (unpaired) electrons. The Morgan fingerprint density at radius 3 is 2.05 bits per heavy atom. The van der Waals surface area contributed by atoms with Gasteiger partial charge in [0, 0.05) is 0 Å². The fourth-order valence-electron chi connectivity index (χ4n) is 1.63. The van der Waals surface area contributed by atoms with E-state index in [4.69, 9.17) is 5.73 Å². The molecule has 0 fully saturated rings. The predicted octanol–water partition coefficient (Wildman–Crippen LogP) is -0.660. The maximum atomic E-state index is 9.27. The first-order chi connectivity index (χ1) is 9.14. The monoisotopic (exact) mass is 264 g/mol. The second-order valence-corrected chi connectivity index (χ2v) is 4.33. The first kappa shape index (κ1) is 13.5. The smallest absolute Gasteiger partial charge is 0.170 e. The molecule has 0 saturated heterocycles. The SMILES string of the molecule is Nc1nc2ccccc2nc1NC(CO)(CO)CO. The van der Waals surface area contributed by atoms with Gasteiger partial charge in [-0.15, -0.1) is 0 Å². The van der Waals surface area contributed by atoms with Gasteiger partial charge in [0.25, 0.3) is 0 Å². The summed E-state index contributed by atoms with van der Waals surface area (Å²) < 4.78 is 0. The van der Waals surface area contributed by atoms with Gasteiger partial charge < -0.3 is 26.4 Å². The summed E-state index contributed by atoms with van der Waals surface area (Å²) in [6, 6.07) is 7.18. The van der Waals surface area contributed by atoms with Crippen molar-refractivity contribution in [3.8, 4) is 0 Å². The molecular weight excluding hydrogens is 248 g/mol. The summed E-state index contributed by atoms with van der Waals surface area (Å²) in [6.45, 7) is -1.39. The third-order valence-electron chi connectivity index (χ3n) is 2.89. The Bertz CT molecular complexity index is 564. The second-order valence-electron chi connectivity index (χ2n) is 4.33. The molecule has 0 aliphatic heterocycles. The zero-order chi connectivity index (χ0) is 13.9. The highest BCUT2D eigenvalue weighted by Crippen LogP contribution is 2.21. The van der Waals surface area contributed by atoms with Crippen molar-refractivity contribution in [2.75, 3.05) is 30.9 Å². The number of nitrogens with two attached hydrogens (primary N) is 1. The molecule has 1 aromatic carbocycles. The Labute approximate surface area is 109 Å². The standard InChI is InChI=1S/C12H16N4O3/c13-10-11(16-12(5-17,6-18)7-19)15-9-4-2-1-3-8(9)14-10/h1-4,17-19H,5-7H2,(H2,13,14)(H,15,16). The van der Waals surface area contributed by atoms with Crippen molar-refractivity contribution < 1.29 is 15.3 Å². The number of aliphatic hydroxyl groups excluding tert-OH is 3. The quantitative estimate of drug-likeness (QED) is 0.485. The number of anilines is 2. The summed E-state index contributed by atoms with van der Waals surface area (Å²) in [4.78, 5) is 8.44. The van der Waals surface area contributed by atoms with Gasteiger partial charge in [-0.05, 0) is 12.1 Å². The summed E-state index contributed by atoms with van der Waals surface area (Å²) in [6.07, 6.45) is 0. The van der Waals surface area contributed by atoms with E-state index in [2.05, 4.69) is 15.3 Å². The van der Waals surface area contributed by atoms with Gasteiger partial charge >= 0.3 is 0 Å². The number of nitrogens with zero attached hydrogens (tertiary/aromatic N) is 2. The summed E-state index contributed by atoms with van der Waals surface area (Å²) >= 11 is 0. The zero-order valence-electron chi connectivity index (χ0n) is 10.2. The lowest BCUT2D eigenvalue weighted by atomic mass is 10.0. The molecule has 2 aromatic rings. The first-order valence-electron chi connectivity index (χ1n) is 5.77. The molecule has 0 atom stereocenters. The number of nitrogens with one attached hydrogen (secondary N) is 1. The largest absolute Gasteiger partial charge is 0.394 e. The van der Waals surface area contributed by atoms with Crippen LogP contribution in [0.15, 0.2) is 24.3 Å². The van der Waals surface area contributed by atoms with Gasteiger partial charge in [-0.25, -0.2) is 9.97 Å². The summed E-state index contributed by atoms with van der Waals surface area (Å²) in [5, 5.41) is 30.6. The molecule has 0 spiro atoms. The molecule has 1 heterocycles. The van der Waals surface area contributed by atoms with Crippen LogP contribution >= 0.6 is 0 Å². The number of nitrogen functional groups attached to an aromatic ring is 1. The van der Waals surface area contributed by atoms with Crippen LogP contribution in [0.25, 0.3) is 11.0 Å². The average Bonchev–Trinajstić information content (AvgIpc) is 2.45. The van der Waals surface area contributed by atoms with Crippen molar-refractivity contribution in [1.82, 2.24) is 9.97 Å². The minimum Gasteiger partial charge on any atom is -0.394 e. The summed E-state index contributed by atoms with van der Waals surface area (Å²) in [5.41, 5.74) is 5.76. The van der Waals surface area contributed by atoms with Crippen LogP contribution in [0.3, 0.4) is 0 Å². The number of rotatable bonds is 5. The average molecular weight is 264 g/mol. The van der Waals surface area contributed by atoms with Crippen molar-refractivity contribution >= 4 is 22.7 Å². The topological polar surface area (TPSA) is 125 Å². The van der Waals surface area contributed by atoms with E-state index < -0.39 is 25.4 Å². The van der Waals surface area contributed by atoms with E-state index in [-0.39, 0.29) is 11.6 Å². The molecule has 1 aromatic heterocycles.